The maximum atomic E-state index is 13.8. The third-order valence-corrected chi connectivity index (χ3v) is 5.43. The van der Waals surface area contributed by atoms with Crippen LogP contribution < -0.4 is 10.1 Å². The summed E-state index contributed by atoms with van der Waals surface area (Å²) >= 11 is 1.85. The molecule has 0 aromatic heterocycles. The van der Waals surface area contributed by atoms with E-state index >= 15 is 0 Å². The number of nitrogens with zero attached hydrogens (tertiary/aromatic N) is 3. The lowest BCUT2D eigenvalue weighted by molar-refractivity contribution is 0.172. The molecule has 1 atom stereocenters. The molecule has 1 aromatic carbocycles. The second kappa shape index (κ2) is 11.9. The Morgan fingerprint density at radius 1 is 1.35 bits per heavy atom. The minimum Gasteiger partial charge on any atom is -0.494 e. The van der Waals surface area contributed by atoms with E-state index in [2.05, 4.69) is 33.3 Å². The Kier molecular flexibility index (Phi) is 10.6. The van der Waals surface area contributed by atoms with Crippen LogP contribution in [0.3, 0.4) is 0 Å². The Morgan fingerprint density at radius 3 is 2.58 bits per heavy atom. The van der Waals surface area contributed by atoms with Crippen molar-refractivity contribution in [1.29, 1.82) is 0 Å². The number of thioether (sulfide) groups is 1. The number of nitrogens with one attached hydrogen (secondary N) is 1. The SMILES string of the molecule is CN=C(NCC(C)SC)N1CCN(Cc2ccc(OC)c(F)c2)CC1.I. The third-order valence-electron chi connectivity index (χ3n) is 4.46. The molecule has 0 saturated carbocycles. The number of halogens is 2. The summed E-state index contributed by atoms with van der Waals surface area (Å²) in [5, 5.41) is 4.01. The molecular formula is C18H30FIN4OS. The zero-order chi connectivity index (χ0) is 18.2. The van der Waals surface area contributed by atoms with Crippen LogP contribution in [0.1, 0.15) is 12.5 Å². The minimum absolute atomic E-state index is 0. The molecule has 1 unspecified atom stereocenters. The Bertz CT molecular complexity index is 582. The molecule has 0 amide bonds. The molecule has 2 rings (SSSR count). The summed E-state index contributed by atoms with van der Waals surface area (Å²) in [5.41, 5.74) is 0.975. The highest BCUT2D eigenvalue weighted by molar-refractivity contribution is 14.0. The van der Waals surface area contributed by atoms with Crippen LogP contribution in [0, 0.1) is 5.82 Å². The summed E-state index contributed by atoms with van der Waals surface area (Å²) in [6.45, 7) is 7.59. The van der Waals surface area contributed by atoms with Crippen LogP contribution in [0.4, 0.5) is 4.39 Å². The van der Waals surface area contributed by atoms with Crippen LogP contribution in [-0.2, 0) is 6.54 Å². The van der Waals surface area contributed by atoms with Crippen molar-refractivity contribution in [3.63, 3.8) is 0 Å². The fraction of sp³-hybridized carbons (Fsp3) is 0.611. The van der Waals surface area contributed by atoms with Crippen molar-refractivity contribution in [2.24, 2.45) is 4.99 Å². The van der Waals surface area contributed by atoms with Gasteiger partial charge in [-0.3, -0.25) is 9.89 Å². The van der Waals surface area contributed by atoms with Crippen LogP contribution in [0.25, 0.3) is 0 Å². The van der Waals surface area contributed by atoms with Crippen molar-refractivity contribution >= 4 is 41.7 Å². The van der Waals surface area contributed by atoms with Crippen LogP contribution >= 0.6 is 35.7 Å². The highest BCUT2D eigenvalue weighted by Gasteiger charge is 2.20. The first-order valence-electron chi connectivity index (χ1n) is 8.60. The number of piperazine rings is 1. The molecular weight excluding hydrogens is 466 g/mol. The summed E-state index contributed by atoms with van der Waals surface area (Å²) in [7, 11) is 3.32. The van der Waals surface area contributed by atoms with Gasteiger partial charge in [-0.1, -0.05) is 13.0 Å². The van der Waals surface area contributed by atoms with Crippen molar-refractivity contribution < 1.29 is 9.13 Å². The molecule has 1 saturated heterocycles. The number of aliphatic imine (C=N–C) groups is 1. The number of hydrogen-bond acceptors (Lipinski definition) is 4. The summed E-state index contributed by atoms with van der Waals surface area (Å²) in [6.07, 6.45) is 2.12. The summed E-state index contributed by atoms with van der Waals surface area (Å²) in [5.74, 6) is 0.963. The largest absolute Gasteiger partial charge is 0.494 e. The first-order chi connectivity index (χ1) is 12.1. The van der Waals surface area contributed by atoms with Crippen molar-refractivity contribution in [2.45, 2.75) is 18.7 Å². The molecule has 1 heterocycles. The average molecular weight is 496 g/mol. The van der Waals surface area contributed by atoms with E-state index in [1.54, 1.807) is 12.1 Å². The first-order valence-corrected chi connectivity index (χ1v) is 9.89. The van der Waals surface area contributed by atoms with Gasteiger partial charge < -0.3 is 15.0 Å². The van der Waals surface area contributed by atoms with E-state index in [9.17, 15) is 4.39 Å². The quantitative estimate of drug-likeness (QED) is 0.373. The van der Waals surface area contributed by atoms with Gasteiger partial charge in [-0.2, -0.15) is 11.8 Å². The Balaban J connectivity index is 0.00000338. The van der Waals surface area contributed by atoms with E-state index in [1.807, 2.05) is 24.9 Å². The molecule has 0 spiro atoms. The maximum Gasteiger partial charge on any atom is 0.193 e. The molecule has 1 aliphatic heterocycles. The molecule has 1 N–H and O–H groups in total. The second-order valence-corrected chi connectivity index (χ2v) is 7.48. The van der Waals surface area contributed by atoms with E-state index < -0.39 is 0 Å². The van der Waals surface area contributed by atoms with Gasteiger partial charge in [0.25, 0.3) is 0 Å². The van der Waals surface area contributed by atoms with Crippen molar-refractivity contribution in [1.82, 2.24) is 15.1 Å². The fourth-order valence-electron chi connectivity index (χ4n) is 2.83. The highest BCUT2D eigenvalue weighted by atomic mass is 127. The van der Waals surface area contributed by atoms with E-state index in [4.69, 9.17) is 4.74 Å². The molecule has 8 heteroatoms. The molecule has 1 fully saturated rings. The minimum atomic E-state index is -0.300. The van der Waals surface area contributed by atoms with E-state index in [0.29, 0.717) is 11.0 Å². The van der Waals surface area contributed by atoms with Gasteiger partial charge in [0.15, 0.2) is 17.5 Å². The normalized spacial score (nSPS) is 16.8. The van der Waals surface area contributed by atoms with Crippen LogP contribution in [0.2, 0.25) is 0 Å². The van der Waals surface area contributed by atoms with Crippen molar-refractivity contribution in [2.75, 3.05) is 53.1 Å². The Morgan fingerprint density at radius 2 is 2.04 bits per heavy atom. The lowest BCUT2D eigenvalue weighted by Gasteiger charge is -2.36. The second-order valence-electron chi connectivity index (χ2n) is 6.21. The molecule has 0 bridgehead atoms. The zero-order valence-corrected chi connectivity index (χ0v) is 19.1. The molecule has 1 aromatic rings. The van der Waals surface area contributed by atoms with Gasteiger partial charge in [-0.15, -0.1) is 24.0 Å². The smallest absolute Gasteiger partial charge is 0.193 e. The van der Waals surface area contributed by atoms with Gasteiger partial charge in [0.1, 0.15) is 0 Å². The van der Waals surface area contributed by atoms with Gasteiger partial charge in [0, 0.05) is 51.6 Å². The molecule has 148 valence electrons. The lowest BCUT2D eigenvalue weighted by Crippen LogP contribution is -2.52. The number of hydrogen-bond donors (Lipinski definition) is 1. The topological polar surface area (TPSA) is 40.1 Å². The predicted octanol–water partition coefficient (Wildman–Crippen LogP) is 2.90. The van der Waals surface area contributed by atoms with Crippen molar-refractivity contribution in [3.8, 4) is 5.75 Å². The van der Waals surface area contributed by atoms with Gasteiger partial charge in [0.05, 0.1) is 7.11 Å². The molecule has 26 heavy (non-hydrogen) atoms. The zero-order valence-electron chi connectivity index (χ0n) is 16.0. The maximum absolute atomic E-state index is 13.8. The van der Waals surface area contributed by atoms with Crippen LogP contribution in [0.5, 0.6) is 5.75 Å². The number of methoxy groups -OCH3 is 1. The fourth-order valence-corrected chi connectivity index (χ4v) is 3.08. The number of ether oxygens (including phenoxy) is 1. The summed E-state index contributed by atoms with van der Waals surface area (Å²) in [4.78, 5) is 9.03. The number of rotatable bonds is 6. The third kappa shape index (κ3) is 6.77. The van der Waals surface area contributed by atoms with Crippen LogP contribution in [-0.4, -0.2) is 74.1 Å². The molecule has 5 nitrogen and oxygen atoms in total. The first kappa shape index (κ1) is 23.3. The van der Waals surface area contributed by atoms with Gasteiger partial charge in [0.2, 0.25) is 0 Å². The molecule has 0 aliphatic carbocycles. The molecule has 0 radical (unpaired) electrons. The van der Waals surface area contributed by atoms with Crippen LogP contribution in [0.15, 0.2) is 23.2 Å². The van der Waals surface area contributed by atoms with E-state index in [1.165, 1.54) is 7.11 Å². The van der Waals surface area contributed by atoms with Gasteiger partial charge >= 0.3 is 0 Å². The monoisotopic (exact) mass is 496 g/mol. The average Bonchev–Trinajstić information content (AvgIpc) is 2.63. The standard InChI is InChI=1S/C18H29FN4OS.HI/c1-14(25-4)12-21-18(20-2)23-9-7-22(8-10-23)13-15-5-6-17(24-3)16(19)11-15;/h5-6,11,14H,7-10,12-13H2,1-4H3,(H,20,21);1H. The van der Waals surface area contributed by atoms with Crippen molar-refractivity contribution in [3.05, 3.63) is 29.6 Å². The Labute approximate surface area is 177 Å². The lowest BCUT2D eigenvalue weighted by atomic mass is 10.2. The Hall–Kier alpha value is -0.740. The van der Waals surface area contributed by atoms with Gasteiger partial charge in [-0.25, -0.2) is 4.39 Å². The number of benzene rings is 1. The van der Waals surface area contributed by atoms with Gasteiger partial charge in [-0.05, 0) is 24.0 Å². The highest BCUT2D eigenvalue weighted by Crippen LogP contribution is 2.19. The predicted molar refractivity (Wildman–Crippen MR) is 120 cm³/mol. The molecule has 1 aliphatic rings. The summed E-state index contributed by atoms with van der Waals surface area (Å²) < 4.78 is 18.8. The van der Waals surface area contributed by atoms with E-state index in [0.717, 1.165) is 50.8 Å². The van der Waals surface area contributed by atoms with E-state index in [-0.39, 0.29) is 29.8 Å². The summed E-state index contributed by atoms with van der Waals surface area (Å²) in [6, 6.07) is 5.19. The number of guanidine groups is 1.